The second kappa shape index (κ2) is 6.24. The summed E-state index contributed by atoms with van der Waals surface area (Å²) < 4.78 is 0. The van der Waals surface area contributed by atoms with E-state index in [2.05, 4.69) is 55.3 Å². The summed E-state index contributed by atoms with van der Waals surface area (Å²) in [4.78, 5) is 2.55. The molecule has 1 atom stereocenters. The van der Waals surface area contributed by atoms with E-state index in [4.69, 9.17) is 0 Å². The second-order valence-corrected chi connectivity index (χ2v) is 5.63. The molecular weight excluding hydrogens is 220 g/mol. The van der Waals surface area contributed by atoms with Gasteiger partial charge in [0.2, 0.25) is 0 Å². The Labute approximate surface area is 111 Å². The minimum atomic E-state index is 0.609. The number of anilines is 1. The van der Waals surface area contributed by atoms with Gasteiger partial charge in [0.05, 0.1) is 0 Å². The highest BCUT2D eigenvalue weighted by Gasteiger charge is 2.20. The maximum absolute atomic E-state index is 3.67. The first-order valence-electron chi connectivity index (χ1n) is 7.28. The molecule has 1 fully saturated rings. The maximum Gasteiger partial charge on any atom is 0.0369 e. The fraction of sp³-hybridized carbons (Fsp3) is 0.625. The Morgan fingerprint density at radius 3 is 2.94 bits per heavy atom. The van der Waals surface area contributed by atoms with Crippen LogP contribution in [0, 0.1) is 5.92 Å². The summed E-state index contributed by atoms with van der Waals surface area (Å²) >= 11 is 0. The standard InChI is InChI=1S/C16H26N2/c1-4-14-7-5-8-15(11-14)18-10-6-9-17-16(12-18)13(2)3/h5,7-8,11,13,16-17H,4,6,9-10,12H2,1-3H3. The summed E-state index contributed by atoms with van der Waals surface area (Å²) in [6.45, 7) is 10.3. The minimum absolute atomic E-state index is 0.609. The molecule has 2 rings (SSSR count). The predicted molar refractivity (Wildman–Crippen MR) is 79.3 cm³/mol. The molecule has 1 aliphatic heterocycles. The monoisotopic (exact) mass is 246 g/mol. The molecule has 1 aliphatic rings. The molecule has 18 heavy (non-hydrogen) atoms. The Hall–Kier alpha value is -1.02. The third-order valence-corrected chi connectivity index (χ3v) is 3.92. The number of nitrogens with one attached hydrogen (secondary N) is 1. The smallest absolute Gasteiger partial charge is 0.0369 e. The summed E-state index contributed by atoms with van der Waals surface area (Å²) in [5.74, 6) is 0.694. The van der Waals surface area contributed by atoms with Gasteiger partial charge in [-0.15, -0.1) is 0 Å². The maximum atomic E-state index is 3.67. The van der Waals surface area contributed by atoms with Crippen LogP contribution >= 0.6 is 0 Å². The number of hydrogen-bond acceptors (Lipinski definition) is 2. The van der Waals surface area contributed by atoms with Gasteiger partial charge in [-0.25, -0.2) is 0 Å². The van der Waals surface area contributed by atoms with E-state index < -0.39 is 0 Å². The van der Waals surface area contributed by atoms with E-state index in [1.807, 2.05) is 0 Å². The van der Waals surface area contributed by atoms with Crippen molar-refractivity contribution in [3.8, 4) is 0 Å². The first kappa shape index (κ1) is 13.4. The van der Waals surface area contributed by atoms with Crippen molar-refractivity contribution in [2.24, 2.45) is 5.92 Å². The van der Waals surface area contributed by atoms with Gasteiger partial charge >= 0.3 is 0 Å². The van der Waals surface area contributed by atoms with Gasteiger partial charge in [-0.1, -0.05) is 32.9 Å². The van der Waals surface area contributed by atoms with Crippen LogP contribution in [-0.4, -0.2) is 25.7 Å². The van der Waals surface area contributed by atoms with E-state index in [0.717, 1.165) is 19.5 Å². The van der Waals surface area contributed by atoms with E-state index in [1.54, 1.807) is 0 Å². The Morgan fingerprint density at radius 2 is 2.22 bits per heavy atom. The topological polar surface area (TPSA) is 15.3 Å². The Balaban J connectivity index is 2.14. The summed E-state index contributed by atoms with van der Waals surface area (Å²) in [6, 6.07) is 9.62. The molecule has 1 saturated heterocycles. The zero-order valence-electron chi connectivity index (χ0n) is 11.9. The van der Waals surface area contributed by atoms with Crippen LogP contribution in [0.15, 0.2) is 24.3 Å². The van der Waals surface area contributed by atoms with E-state index in [1.165, 1.54) is 24.2 Å². The Morgan fingerprint density at radius 1 is 1.39 bits per heavy atom. The fourth-order valence-electron chi connectivity index (χ4n) is 2.60. The van der Waals surface area contributed by atoms with Crippen LogP contribution in [0.3, 0.4) is 0 Å². The van der Waals surface area contributed by atoms with Crippen LogP contribution in [0.5, 0.6) is 0 Å². The predicted octanol–water partition coefficient (Wildman–Crippen LogP) is 3.07. The van der Waals surface area contributed by atoms with Crippen molar-refractivity contribution in [2.75, 3.05) is 24.5 Å². The third kappa shape index (κ3) is 3.26. The van der Waals surface area contributed by atoms with Gasteiger partial charge in [-0.05, 0) is 43.0 Å². The van der Waals surface area contributed by atoms with Crippen molar-refractivity contribution in [3.63, 3.8) is 0 Å². The van der Waals surface area contributed by atoms with Crippen molar-refractivity contribution < 1.29 is 0 Å². The molecule has 100 valence electrons. The lowest BCUT2D eigenvalue weighted by Gasteiger charge is -2.28. The zero-order chi connectivity index (χ0) is 13.0. The Bertz CT molecular complexity index is 373. The summed E-state index contributed by atoms with van der Waals surface area (Å²) in [6.07, 6.45) is 2.35. The summed E-state index contributed by atoms with van der Waals surface area (Å²) in [5, 5.41) is 3.67. The summed E-state index contributed by atoms with van der Waals surface area (Å²) in [5.41, 5.74) is 2.83. The van der Waals surface area contributed by atoms with Crippen molar-refractivity contribution in [3.05, 3.63) is 29.8 Å². The number of hydrogen-bond donors (Lipinski definition) is 1. The molecule has 2 heteroatoms. The van der Waals surface area contributed by atoms with Crippen LogP contribution < -0.4 is 10.2 Å². The first-order chi connectivity index (χ1) is 8.70. The van der Waals surface area contributed by atoms with Crippen LogP contribution in [0.1, 0.15) is 32.8 Å². The van der Waals surface area contributed by atoms with Crippen LogP contribution in [0.25, 0.3) is 0 Å². The normalized spacial score (nSPS) is 21.1. The van der Waals surface area contributed by atoms with Crippen molar-refractivity contribution in [1.29, 1.82) is 0 Å². The lowest BCUT2D eigenvalue weighted by atomic mass is 10.0. The van der Waals surface area contributed by atoms with Gasteiger partial charge in [0.15, 0.2) is 0 Å². The van der Waals surface area contributed by atoms with E-state index in [-0.39, 0.29) is 0 Å². The van der Waals surface area contributed by atoms with E-state index in [9.17, 15) is 0 Å². The molecule has 0 bridgehead atoms. The highest BCUT2D eigenvalue weighted by molar-refractivity contribution is 5.49. The van der Waals surface area contributed by atoms with E-state index in [0.29, 0.717) is 12.0 Å². The lowest BCUT2D eigenvalue weighted by Crippen LogP contribution is -2.41. The number of rotatable bonds is 3. The van der Waals surface area contributed by atoms with Gasteiger partial charge in [0.1, 0.15) is 0 Å². The molecular formula is C16H26N2. The zero-order valence-corrected chi connectivity index (χ0v) is 11.9. The largest absolute Gasteiger partial charge is 0.370 e. The second-order valence-electron chi connectivity index (χ2n) is 5.63. The van der Waals surface area contributed by atoms with Crippen LogP contribution in [-0.2, 0) is 6.42 Å². The first-order valence-corrected chi connectivity index (χ1v) is 7.28. The van der Waals surface area contributed by atoms with E-state index >= 15 is 0 Å². The molecule has 2 nitrogen and oxygen atoms in total. The van der Waals surface area contributed by atoms with Gasteiger partial charge < -0.3 is 10.2 Å². The highest BCUT2D eigenvalue weighted by Crippen LogP contribution is 2.20. The van der Waals surface area contributed by atoms with Crippen molar-refractivity contribution >= 4 is 5.69 Å². The number of nitrogens with zero attached hydrogens (tertiary/aromatic N) is 1. The van der Waals surface area contributed by atoms with Crippen LogP contribution in [0.2, 0.25) is 0 Å². The van der Waals surface area contributed by atoms with Crippen LogP contribution in [0.4, 0.5) is 5.69 Å². The van der Waals surface area contributed by atoms with Gasteiger partial charge in [-0.3, -0.25) is 0 Å². The average molecular weight is 246 g/mol. The SMILES string of the molecule is CCc1cccc(N2CCCNC(C(C)C)C2)c1. The summed E-state index contributed by atoms with van der Waals surface area (Å²) in [7, 11) is 0. The molecule has 0 amide bonds. The third-order valence-electron chi connectivity index (χ3n) is 3.92. The highest BCUT2D eigenvalue weighted by atomic mass is 15.2. The molecule has 0 saturated carbocycles. The fourth-order valence-corrected chi connectivity index (χ4v) is 2.60. The lowest BCUT2D eigenvalue weighted by molar-refractivity contribution is 0.420. The van der Waals surface area contributed by atoms with Crippen molar-refractivity contribution in [2.45, 2.75) is 39.7 Å². The van der Waals surface area contributed by atoms with Crippen molar-refractivity contribution in [1.82, 2.24) is 5.32 Å². The molecule has 0 spiro atoms. The molecule has 0 radical (unpaired) electrons. The Kier molecular flexibility index (Phi) is 4.65. The molecule has 1 heterocycles. The average Bonchev–Trinajstić information content (AvgIpc) is 2.64. The molecule has 1 aromatic rings. The molecule has 0 aliphatic carbocycles. The molecule has 1 N–H and O–H groups in total. The van der Waals surface area contributed by atoms with Gasteiger partial charge in [0, 0.05) is 24.8 Å². The van der Waals surface area contributed by atoms with Gasteiger partial charge in [0.25, 0.3) is 0 Å². The molecule has 1 aromatic carbocycles. The molecule has 0 aromatic heterocycles. The number of benzene rings is 1. The minimum Gasteiger partial charge on any atom is -0.370 e. The van der Waals surface area contributed by atoms with Gasteiger partial charge in [-0.2, -0.15) is 0 Å². The quantitative estimate of drug-likeness (QED) is 0.881. The molecule has 1 unspecified atom stereocenters. The number of aryl methyl sites for hydroxylation is 1.